The van der Waals surface area contributed by atoms with Crippen LogP contribution in [0.3, 0.4) is 0 Å². The zero-order valence-corrected chi connectivity index (χ0v) is 9.97. The molecule has 0 aliphatic heterocycles. The monoisotopic (exact) mass is 253 g/mol. The van der Waals surface area contributed by atoms with Gasteiger partial charge in [-0.15, -0.1) is 11.3 Å². The van der Waals surface area contributed by atoms with Crippen molar-refractivity contribution in [3.63, 3.8) is 0 Å². The number of carboxylic acid groups (broad SMARTS) is 1. The van der Waals surface area contributed by atoms with Crippen LogP contribution in [0.2, 0.25) is 5.02 Å². The van der Waals surface area contributed by atoms with Crippen molar-refractivity contribution in [2.24, 2.45) is 0 Å². The summed E-state index contributed by atoms with van der Waals surface area (Å²) in [7, 11) is 0. The second-order valence-corrected chi connectivity index (χ2v) is 4.74. The Morgan fingerprint density at radius 2 is 2.25 bits per heavy atom. The highest BCUT2D eigenvalue weighted by atomic mass is 35.5. The highest BCUT2D eigenvalue weighted by Crippen LogP contribution is 2.28. The molecule has 0 aliphatic carbocycles. The number of aromatic nitrogens is 1. The Hall–Kier alpha value is -1.39. The molecular formula is C11H8ClNO2S. The number of aromatic carboxylic acids is 1. The summed E-state index contributed by atoms with van der Waals surface area (Å²) in [5.74, 6) is -0.957. The molecule has 0 unspecified atom stereocenters. The predicted molar refractivity (Wildman–Crippen MR) is 64.3 cm³/mol. The molecule has 0 amide bonds. The normalized spacial score (nSPS) is 10.4. The molecule has 3 nitrogen and oxygen atoms in total. The summed E-state index contributed by atoms with van der Waals surface area (Å²) in [6.07, 6.45) is 1.36. The quantitative estimate of drug-likeness (QED) is 0.892. The van der Waals surface area contributed by atoms with Crippen molar-refractivity contribution in [1.82, 2.24) is 4.98 Å². The molecule has 82 valence electrons. The fourth-order valence-corrected chi connectivity index (χ4v) is 2.16. The van der Waals surface area contributed by atoms with Crippen molar-refractivity contribution in [1.29, 1.82) is 0 Å². The topological polar surface area (TPSA) is 50.2 Å². The maximum atomic E-state index is 10.7. The van der Waals surface area contributed by atoms with Gasteiger partial charge in [0.25, 0.3) is 0 Å². The Labute approximate surface area is 101 Å². The molecule has 1 heterocycles. The highest BCUT2D eigenvalue weighted by molar-refractivity contribution is 7.16. The SMILES string of the molecule is Cc1ccc(-c2ncc(C(=O)O)s2)cc1Cl. The van der Waals surface area contributed by atoms with E-state index in [9.17, 15) is 4.79 Å². The van der Waals surface area contributed by atoms with Crippen molar-refractivity contribution >= 4 is 28.9 Å². The van der Waals surface area contributed by atoms with Gasteiger partial charge < -0.3 is 5.11 Å². The number of aryl methyl sites for hydroxylation is 1. The molecule has 0 aliphatic rings. The Morgan fingerprint density at radius 1 is 1.50 bits per heavy atom. The minimum Gasteiger partial charge on any atom is -0.477 e. The first kappa shape index (κ1) is 11.1. The first-order chi connectivity index (χ1) is 7.58. The van der Waals surface area contributed by atoms with Gasteiger partial charge in [0, 0.05) is 10.6 Å². The zero-order chi connectivity index (χ0) is 11.7. The van der Waals surface area contributed by atoms with Crippen LogP contribution < -0.4 is 0 Å². The summed E-state index contributed by atoms with van der Waals surface area (Å²) in [5.41, 5.74) is 1.83. The maximum Gasteiger partial charge on any atom is 0.347 e. The maximum absolute atomic E-state index is 10.7. The van der Waals surface area contributed by atoms with Crippen LogP contribution >= 0.6 is 22.9 Å². The van der Waals surface area contributed by atoms with E-state index < -0.39 is 5.97 Å². The van der Waals surface area contributed by atoms with E-state index in [4.69, 9.17) is 16.7 Å². The van der Waals surface area contributed by atoms with Crippen LogP contribution in [-0.4, -0.2) is 16.1 Å². The molecule has 0 saturated heterocycles. The summed E-state index contributed by atoms with van der Waals surface area (Å²) >= 11 is 7.13. The lowest BCUT2D eigenvalue weighted by atomic mass is 10.1. The highest BCUT2D eigenvalue weighted by Gasteiger charge is 2.10. The second kappa shape index (κ2) is 4.23. The Morgan fingerprint density at radius 3 is 2.81 bits per heavy atom. The van der Waals surface area contributed by atoms with Crippen molar-refractivity contribution in [3.8, 4) is 10.6 Å². The molecule has 0 atom stereocenters. The summed E-state index contributed by atoms with van der Waals surface area (Å²) in [6, 6.07) is 5.56. The van der Waals surface area contributed by atoms with Gasteiger partial charge >= 0.3 is 5.97 Å². The third-order valence-corrected chi connectivity index (χ3v) is 3.58. The Balaban J connectivity index is 2.42. The van der Waals surface area contributed by atoms with Crippen molar-refractivity contribution in [3.05, 3.63) is 39.9 Å². The predicted octanol–water partition coefficient (Wildman–Crippen LogP) is 3.47. The molecule has 1 N–H and O–H groups in total. The number of halogens is 1. The fraction of sp³-hybridized carbons (Fsp3) is 0.0909. The van der Waals surface area contributed by atoms with Crippen LogP contribution in [0.1, 0.15) is 15.2 Å². The van der Waals surface area contributed by atoms with Crippen molar-refractivity contribution in [2.45, 2.75) is 6.92 Å². The standard InChI is InChI=1S/C11H8ClNO2S/c1-6-2-3-7(4-8(6)12)10-13-5-9(16-10)11(14)15/h2-5H,1H3,(H,14,15). The number of benzene rings is 1. The third-order valence-electron chi connectivity index (χ3n) is 2.14. The molecule has 1 aromatic heterocycles. The first-order valence-electron chi connectivity index (χ1n) is 4.53. The van der Waals surface area contributed by atoms with E-state index in [0.717, 1.165) is 22.5 Å². The van der Waals surface area contributed by atoms with Crippen LogP contribution in [0.25, 0.3) is 10.6 Å². The number of nitrogens with zero attached hydrogens (tertiary/aromatic N) is 1. The lowest BCUT2D eigenvalue weighted by Gasteiger charge is -1.99. The molecule has 5 heteroatoms. The summed E-state index contributed by atoms with van der Waals surface area (Å²) in [5, 5.41) is 10.1. The largest absolute Gasteiger partial charge is 0.477 e. The molecule has 16 heavy (non-hydrogen) atoms. The van der Waals surface area contributed by atoms with Crippen molar-refractivity contribution < 1.29 is 9.90 Å². The van der Waals surface area contributed by atoms with E-state index in [1.165, 1.54) is 6.20 Å². The molecule has 0 spiro atoms. The fourth-order valence-electron chi connectivity index (χ4n) is 1.23. The smallest absolute Gasteiger partial charge is 0.347 e. The Bertz CT molecular complexity index is 551. The minimum absolute atomic E-state index is 0.228. The van der Waals surface area contributed by atoms with Gasteiger partial charge in [0.2, 0.25) is 0 Å². The summed E-state index contributed by atoms with van der Waals surface area (Å²) < 4.78 is 0. The second-order valence-electron chi connectivity index (χ2n) is 3.30. The molecule has 0 saturated carbocycles. The molecule has 0 radical (unpaired) electrons. The van der Waals surface area contributed by atoms with E-state index in [1.807, 2.05) is 19.1 Å². The molecule has 1 aromatic carbocycles. The molecule has 0 bridgehead atoms. The Kier molecular flexibility index (Phi) is 2.94. The molecule has 2 rings (SSSR count). The number of hydrogen-bond acceptors (Lipinski definition) is 3. The van der Waals surface area contributed by atoms with E-state index in [2.05, 4.69) is 4.98 Å². The average molecular weight is 254 g/mol. The summed E-state index contributed by atoms with van der Waals surface area (Å²) in [4.78, 5) is 15.0. The van der Waals surface area contributed by atoms with Crippen molar-refractivity contribution in [2.75, 3.05) is 0 Å². The number of carbonyl (C=O) groups is 1. The van der Waals surface area contributed by atoms with Crippen LogP contribution in [0.5, 0.6) is 0 Å². The van der Waals surface area contributed by atoms with E-state index >= 15 is 0 Å². The van der Waals surface area contributed by atoms with Gasteiger partial charge in [0.15, 0.2) is 0 Å². The summed E-state index contributed by atoms with van der Waals surface area (Å²) in [6.45, 7) is 1.91. The van der Waals surface area contributed by atoms with Gasteiger partial charge in [-0.2, -0.15) is 0 Å². The van der Waals surface area contributed by atoms with Gasteiger partial charge in [0.05, 0.1) is 6.20 Å². The van der Waals surface area contributed by atoms with Gasteiger partial charge in [-0.3, -0.25) is 0 Å². The van der Waals surface area contributed by atoms with Crippen LogP contribution in [0.15, 0.2) is 24.4 Å². The molecular weight excluding hydrogens is 246 g/mol. The minimum atomic E-state index is -0.957. The van der Waals surface area contributed by atoms with E-state index in [-0.39, 0.29) is 4.88 Å². The van der Waals surface area contributed by atoms with Gasteiger partial charge in [0.1, 0.15) is 9.88 Å². The van der Waals surface area contributed by atoms with Gasteiger partial charge in [-0.05, 0) is 18.6 Å². The van der Waals surface area contributed by atoms with E-state index in [0.29, 0.717) is 10.0 Å². The number of rotatable bonds is 2. The molecule has 2 aromatic rings. The first-order valence-corrected chi connectivity index (χ1v) is 5.73. The molecule has 0 fully saturated rings. The van der Waals surface area contributed by atoms with Gasteiger partial charge in [-0.25, -0.2) is 9.78 Å². The average Bonchev–Trinajstić information content (AvgIpc) is 2.71. The third kappa shape index (κ3) is 2.08. The number of carboxylic acids is 1. The number of hydrogen-bond donors (Lipinski definition) is 1. The zero-order valence-electron chi connectivity index (χ0n) is 8.40. The van der Waals surface area contributed by atoms with Crippen LogP contribution in [-0.2, 0) is 0 Å². The lowest BCUT2D eigenvalue weighted by molar-refractivity contribution is 0.0702. The van der Waals surface area contributed by atoms with Crippen LogP contribution in [0, 0.1) is 6.92 Å². The van der Waals surface area contributed by atoms with Gasteiger partial charge in [-0.1, -0.05) is 23.7 Å². The lowest BCUT2D eigenvalue weighted by Crippen LogP contribution is -1.89. The van der Waals surface area contributed by atoms with Crippen LogP contribution in [0.4, 0.5) is 0 Å². The van der Waals surface area contributed by atoms with E-state index in [1.54, 1.807) is 6.07 Å². The number of thiazole rings is 1.